The molecule has 0 fully saturated rings. The molecule has 0 saturated carbocycles. The van der Waals surface area contributed by atoms with Crippen LogP contribution in [0.25, 0.3) is 33.4 Å². The van der Waals surface area contributed by atoms with Crippen molar-refractivity contribution in [1.29, 1.82) is 0 Å². The normalized spacial score (nSPS) is 11.1. The van der Waals surface area contributed by atoms with Crippen molar-refractivity contribution in [1.82, 2.24) is 0 Å². The second-order valence-electron chi connectivity index (χ2n) is 7.37. The predicted molar refractivity (Wildman–Crippen MR) is 137 cm³/mol. The number of fused-ring (bicyclic) bond motifs is 2. The van der Waals surface area contributed by atoms with Crippen LogP contribution in [0, 0.1) is 13.8 Å². The molecule has 2 N–H and O–H groups in total. The SMILES string of the molecule is Cc1cc2c(-c3cc(Cl)c(N=C=S)c(Cl)c3C(=O)O)c3cc(C)c(=O)c(Cl)c-3oc2c(Cl)c1O. The number of carboxylic acids is 1. The van der Waals surface area contributed by atoms with Gasteiger partial charge in [0, 0.05) is 22.1 Å². The quantitative estimate of drug-likeness (QED) is 0.151. The van der Waals surface area contributed by atoms with E-state index in [2.05, 4.69) is 22.4 Å². The number of aryl methyl sites for hydroxylation is 2. The van der Waals surface area contributed by atoms with Crippen molar-refractivity contribution in [2.75, 3.05) is 0 Å². The third-order valence-electron chi connectivity index (χ3n) is 5.33. The second kappa shape index (κ2) is 8.86. The van der Waals surface area contributed by atoms with Gasteiger partial charge in [-0.2, -0.15) is 4.99 Å². The molecule has 34 heavy (non-hydrogen) atoms. The minimum absolute atomic E-state index is 0.00861. The van der Waals surface area contributed by atoms with E-state index in [1.165, 1.54) is 12.1 Å². The summed E-state index contributed by atoms with van der Waals surface area (Å²) in [7, 11) is 0. The topological polar surface area (TPSA) is 100 Å². The summed E-state index contributed by atoms with van der Waals surface area (Å²) < 4.78 is 5.89. The summed E-state index contributed by atoms with van der Waals surface area (Å²) in [5, 5.41) is 22.3. The van der Waals surface area contributed by atoms with Gasteiger partial charge in [-0.1, -0.05) is 46.4 Å². The van der Waals surface area contributed by atoms with Crippen molar-refractivity contribution in [3.8, 4) is 28.2 Å². The largest absolute Gasteiger partial charge is 0.506 e. The molecular weight excluding hydrogens is 544 g/mol. The highest BCUT2D eigenvalue weighted by molar-refractivity contribution is 7.78. The summed E-state index contributed by atoms with van der Waals surface area (Å²) in [4.78, 5) is 28.7. The van der Waals surface area contributed by atoms with Crippen LogP contribution in [0.4, 0.5) is 5.69 Å². The number of nitrogens with zero attached hydrogens (tertiary/aromatic N) is 1. The number of thiocarbonyl (C=S) groups is 1. The number of phenols is 1. The summed E-state index contributed by atoms with van der Waals surface area (Å²) >= 11 is 30.1. The molecule has 1 aliphatic heterocycles. The Kier molecular flexibility index (Phi) is 6.38. The molecule has 1 aliphatic carbocycles. The zero-order valence-electron chi connectivity index (χ0n) is 17.2. The Balaban J connectivity index is 2.37. The van der Waals surface area contributed by atoms with E-state index in [1.807, 2.05) is 0 Å². The number of carboxylic acid groups (broad SMARTS) is 1. The molecule has 2 aromatic carbocycles. The van der Waals surface area contributed by atoms with Gasteiger partial charge in [0.1, 0.15) is 21.5 Å². The van der Waals surface area contributed by atoms with Gasteiger partial charge in [0.05, 0.1) is 20.8 Å². The number of rotatable bonds is 3. The third-order valence-corrected chi connectivity index (χ3v) is 6.77. The Morgan fingerprint density at radius 1 is 1.03 bits per heavy atom. The van der Waals surface area contributed by atoms with Crippen molar-refractivity contribution in [2.45, 2.75) is 13.8 Å². The Hall–Kier alpha value is -2.64. The molecular formula is C23H11Cl4NO5S. The van der Waals surface area contributed by atoms with E-state index in [0.29, 0.717) is 22.1 Å². The number of aliphatic imine (C=N–C) groups is 1. The molecule has 0 spiro atoms. The van der Waals surface area contributed by atoms with Crippen LogP contribution in [0.5, 0.6) is 5.75 Å². The van der Waals surface area contributed by atoms with Gasteiger partial charge in [-0.15, -0.1) is 0 Å². The lowest BCUT2D eigenvalue weighted by molar-refractivity contribution is 0.0698. The fraction of sp³-hybridized carbons (Fsp3) is 0.0870. The number of aromatic carboxylic acids is 1. The summed E-state index contributed by atoms with van der Waals surface area (Å²) in [6.45, 7) is 3.18. The highest BCUT2D eigenvalue weighted by Crippen LogP contribution is 2.50. The maximum Gasteiger partial charge on any atom is 0.337 e. The molecule has 0 saturated heterocycles. The van der Waals surface area contributed by atoms with Gasteiger partial charge in [-0.05, 0) is 55.4 Å². The van der Waals surface area contributed by atoms with Crippen LogP contribution in [0.2, 0.25) is 20.1 Å². The zero-order chi connectivity index (χ0) is 25.1. The van der Waals surface area contributed by atoms with Crippen molar-refractivity contribution < 1.29 is 19.4 Å². The highest BCUT2D eigenvalue weighted by atomic mass is 35.5. The van der Waals surface area contributed by atoms with Crippen LogP contribution >= 0.6 is 58.6 Å². The first-order chi connectivity index (χ1) is 16.0. The Morgan fingerprint density at radius 2 is 1.71 bits per heavy atom. The Bertz CT molecular complexity index is 1640. The molecule has 0 radical (unpaired) electrons. The first kappa shape index (κ1) is 24.5. The lowest BCUT2D eigenvalue weighted by Gasteiger charge is -2.20. The maximum absolute atomic E-state index is 12.5. The number of hydrogen-bond donors (Lipinski definition) is 2. The number of phenolic OH excluding ortho intramolecular Hbond substituents is 1. The van der Waals surface area contributed by atoms with Gasteiger partial charge in [-0.3, -0.25) is 4.79 Å². The van der Waals surface area contributed by atoms with E-state index < -0.39 is 11.4 Å². The number of hydrogen-bond acceptors (Lipinski definition) is 6. The van der Waals surface area contributed by atoms with Crippen molar-refractivity contribution in [3.63, 3.8) is 0 Å². The molecule has 172 valence electrons. The molecule has 1 heterocycles. The smallest absolute Gasteiger partial charge is 0.337 e. The zero-order valence-corrected chi connectivity index (χ0v) is 21.1. The molecule has 2 aliphatic rings. The van der Waals surface area contributed by atoms with E-state index in [4.69, 9.17) is 50.8 Å². The van der Waals surface area contributed by atoms with Crippen LogP contribution in [0.3, 0.4) is 0 Å². The van der Waals surface area contributed by atoms with E-state index in [1.54, 1.807) is 19.9 Å². The number of carbonyl (C=O) groups is 1. The minimum Gasteiger partial charge on any atom is -0.506 e. The van der Waals surface area contributed by atoms with Crippen LogP contribution in [-0.2, 0) is 0 Å². The third kappa shape index (κ3) is 3.66. The number of isothiocyanates is 1. The molecule has 0 unspecified atom stereocenters. The van der Waals surface area contributed by atoms with E-state index >= 15 is 0 Å². The average Bonchev–Trinajstić information content (AvgIpc) is 2.77. The van der Waals surface area contributed by atoms with Crippen LogP contribution in [0.15, 0.2) is 32.4 Å². The molecule has 0 amide bonds. The summed E-state index contributed by atoms with van der Waals surface area (Å²) in [5.41, 5.74) is 0.507. The summed E-state index contributed by atoms with van der Waals surface area (Å²) in [6.07, 6.45) is 0. The number of aromatic hydroxyl groups is 1. The number of halogens is 4. The average molecular weight is 555 g/mol. The molecule has 0 bridgehead atoms. The van der Waals surface area contributed by atoms with Gasteiger partial charge in [0.2, 0.25) is 5.43 Å². The lowest BCUT2D eigenvalue weighted by atomic mass is 9.89. The molecule has 2 aromatic rings. The van der Waals surface area contributed by atoms with Crippen LogP contribution in [-0.4, -0.2) is 21.3 Å². The Labute approximate surface area is 217 Å². The van der Waals surface area contributed by atoms with Gasteiger partial charge >= 0.3 is 5.97 Å². The summed E-state index contributed by atoms with van der Waals surface area (Å²) in [5.74, 6) is -1.66. The molecule has 4 rings (SSSR count). The van der Waals surface area contributed by atoms with Gasteiger partial charge in [0.25, 0.3) is 0 Å². The molecule has 0 atom stereocenters. The first-order valence-corrected chi connectivity index (χ1v) is 11.3. The van der Waals surface area contributed by atoms with Crippen LogP contribution < -0.4 is 5.43 Å². The van der Waals surface area contributed by atoms with Gasteiger partial charge < -0.3 is 14.6 Å². The van der Waals surface area contributed by atoms with Crippen molar-refractivity contribution in [2.24, 2.45) is 4.99 Å². The molecule has 6 nitrogen and oxygen atoms in total. The fourth-order valence-electron chi connectivity index (χ4n) is 3.76. The second-order valence-corrected chi connectivity index (χ2v) is 9.10. The lowest BCUT2D eigenvalue weighted by Crippen LogP contribution is -2.09. The predicted octanol–water partition coefficient (Wildman–Crippen LogP) is 7.93. The van der Waals surface area contributed by atoms with Crippen molar-refractivity contribution >= 4 is 86.4 Å². The highest BCUT2D eigenvalue weighted by Gasteiger charge is 2.30. The maximum atomic E-state index is 12.5. The molecule has 11 heteroatoms. The van der Waals surface area contributed by atoms with Gasteiger partial charge in [-0.25, -0.2) is 4.79 Å². The van der Waals surface area contributed by atoms with E-state index in [0.717, 1.165) is 0 Å². The first-order valence-electron chi connectivity index (χ1n) is 9.40. The van der Waals surface area contributed by atoms with E-state index in [9.17, 15) is 19.8 Å². The minimum atomic E-state index is -1.37. The van der Waals surface area contributed by atoms with E-state index in [-0.39, 0.29) is 59.6 Å². The molecule has 0 aromatic heterocycles. The summed E-state index contributed by atoms with van der Waals surface area (Å²) in [6, 6.07) is 4.45. The fourth-order valence-corrected chi connectivity index (χ4v) is 5.05. The van der Waals surface area contributed by atoms with Gasteiger partial charge in [0.15, 0.2) is 11.3 Å². The van der Waals surface area contributed by atoms with Crippen LogP contribution in [0.1, 0.15) is 21.5 Å². The number of benzene rings is 3. The Morgan fingerprint density at radius 3 is 2.32 bits per heavy atom. The monoisotopic (exact) mass is 553 g/mol. The van der Waals surface area contributed by atoms with Crippen molar-refractivity contribution in [3.05, 3.63) is 65.2 Å². The standard InChI is InChI=1S/C23H11Cl4NO5S/c1-7-3-10-13(9-5-12(24)18(28-6-34)15(25)14(9)23(31)32)11-4-8(2)20(30)17(27)22(11)33-21(10)16(26)19(7)29/h3-5,29H,1-2H3,(H,31,32).